The van der Waals surface area contributed by atoms with Crippen LogP contribution < -0.4 is 4.72 Å². The molecule has 2 aromatic rings. The third-order valence-electron chi connectivity index (χ3n) is 2.64. The van der Waals surface area contributed by atoms with Gasteiger partial charge in [0.1, 0.15) is 5.01 Å². The van der Waals surface area contributed by atoms with Crippen molar-refractivity contribution in [2.75, 3.05) is 0 Å². The standard InChI is InChI=1S/C11H15N3O3S2/c1-8-4-12-11(18-8)5-13-19(16,17)10-3-9(7-15)14(2)6-10/h3-4,6,13,15H,5,7H2,1-2H3. The van der Waals surface area contributed by atoms with Gasteiger partial charge in [-0.1, -0.05) is 0 Å². The van der Waals surface area contributed by atoms with Crippen LogP contribution in [-0.4, -0.2) is 23.1 Å². The molecule has 0 saturated carbocycles. The molecule has 0 unspecified atom stereocenters. The molecule has 2 rings (SSSR count). The molecule has 0 aliphatic heterocycles. The number of rotatable bonds is 5. The predicted molar refractivity (Wildman–Crippen MR) is 72.2 cm³/mol. The van der Waals surface area contributed by atoms with Crippen LogP contribution in [0.3, 0.4) is 0 Å². The predicted octanol–water partition coefficient (Wildman–Crippen LogP) is 0.761. The van der Waals surface area contributed by atoms with Gasteiger partial charge in [0.15, 0.2) is 0 Å². The minimum absolute atomic E-state index is 0.146. The summed E-state index contributed by atoms with van der Waals surface area (Å²) in [4.78, 5) is 5.28. The van der Waals surface area contributed by atoms with Crippen molar-refractivity contribution in [1.82, 2.24) is 14.3 Å². The lowest BCUT2D eigenvalue weighted by Crippen LogP contribution is -2.22. The molecule has 0 aliphatic rings. The van der Waals surface area contributed by atoms with Crippen molar-refractivity contribution in [2.45, 2.75) is 25.0 Å². The summed E-state index contributed by atoms with van der Waals surface area (Å²) in [6, 6.07) is 1.45. The van der Waals surface area contributed by atoms with Crippen molar-refractivity contribution in [3.63, 3.8) is 0 Å². The fourth-order valence-electron chi connectivity index (χ4n) is 1.60. The molecule has 0 aliphatic carbocycles. The third-order valence-corrected chi connectivity index (χ3v) is 4.92. The summed E-state index contributed by atoms with van der Waals surface area (Å²) in [5.74, 6) is 0. The van der Waals surface area contributed by atoms with Gasteiger partial charge < -0.3 is 9.67 Å². The molecule has 19 heavy (non-hydrogen) atoms. The third kappa shape index (κ3) is 3.21. The average Bonchev–Trinajstić information content (AvgIpc) is 2.93. The van der Waals surface area contributed by atoms with Crippen molar-refractivity contribution in [3.8, 4) is 0 Å². The first-order chi connectivity index (χ1) is 8.92. The SMILES string of the molecule is Cc1cnc(CNS(=O)(=O)c2cc(CO)n(C)c2)s1. The van der Waals surface area contributed by atoms with Crippen LogP contribution in [-0.2, 0) is 30.2 Å². The molecule has 8 heteroatoms. The van der Waals surface area contributed by atoms with Crippen LogP contribution in [0.5, 0.6) is 0 Å². The van der Waals surface area contributed by atoms with Gasteiger partial charge in [0.2, 0.25) is 10.0 Å². The summed E-state index contributed by atoms with van der Waals surface area (Å²) in [5, 5.41) is 9.79. The van der Waals surface area contributed by atoms with Gasteiger partial charge in [0.05, 0.1) is 18.0 Å². The Morgan fingerprint density at radius 3 is 2.79 bits per heavy atom. The molecule has 0 spiro atoms. The van der Waals surface area contributed by atoms with Gasteiger partial charge in [-0.15, -0.1) is 11.3 Å². The fraction of sp³-hybridized carbons (Fsp3) is 0.364. The van der Waals surface area contributed by atoms with Crippen LogP contribution in [0.15, 0.2) is 23.4 Å². The van der Waals surface area contributed by atoms with Crippen molar-refractivity contribution in [3.05, 3.63) is 34.0 Å². The summed E-state index contributed by atoms with van der Waals surface area (Å²) >= 11 is 1.45. The molecule has 2 N–H and O–H groups in total. The van der Waals surface area contributed by atoms with Crippen LogP contribution in [0, 0.1) is 6.92 Å². The van der Waals surface area contributed by atoms with E-state index in [0.717, 1.165) is 9.88 Å². The first kappa shape index (κ1) is 14.2. The van der Waals surface area contributed by atoms with Gasteiger partial charge in [-0.05, 0) is 13.0 Å². The van der Waals surface area contributed by atoms with Crippen LogP contribution in [0.4, 0.5) is 0 Å². The van der Waals surface area contributed by atoms with Crippen molar-refractivity contribution >= 4 is 21.4 Å². The molecule has 0 amide bonds. The quantitative estimate of drug-likeness (QED) is 0.854. The fourth-order valence-corrected chi connectivity index (χ4v) is 3.50. The van der Waals surface area contributed by atoms with Crippen LogP contribution in [0.1, 0.15) is 15.6 Å². The molecular formula is C11H15N3O3S2. The lowest BCUT2D eigenvalue weighted by atomic mass is 10.5. The number of hydrogen-bond acceptors (Lipinski definition) is 5. The molecule has 0 radical (unpaired) electrons. The van der Waals surface area contributed by atoms with Gasteiger partial charge in [-0.3, -0.25) is 0 Å². The van der Waals surface area contributed by atoms with Crippen molar-refractivity contribution in [2.24, 2.45) is 7.05 Å². The Hall–Kier alpha value is -1.22. The van der Waals surface area contributed by atoms with E-state index in [2.05, 4.69) is 9.71 Å². The number of thiazole rings is 1. The van der Waals surface area contributed by atoms with Crippen LogP contribution in [0.2, 0.25) is 0 Å². The molecule has 104 valence electrons. The van der Waals surface area contributed by atoms with Gasteiger partial charge in [-0.2, -0.15) is 0 Å². The van der Waals surface area contributed by atoms with E-state index < -0.39 is 10.0 Å². The van der Waals surface area contributed by atoms with Gasteiger partial charge in [-0.25, -0.2) is 18.1 Å². The minimum atomic E-state index is -3.58. The molecule has 0 saturated heterocycles. The Kier molecular flexibility index (Phi) is 4.04. The highest BCUT2D eigenvalue weighted by Gasteiger charge is 2.17. The van der Waals surface area contributed by atoms with Crippen molar-refractivity contribution < 1.29 is 13.5 Å². The molecular weight excluding hydrogens is 286 g/mol. The highest BCUT2D eigenvalue weighted by atomic mass is 32.2. The number of sulfonamides is 1. The zero-order valence-corrected chi connectivity index (χ0v) is 12.3. The summed E-state index contributed by atoms with van der Waals surface area (Å²) in [6.45, 7) is 1.89. The second-order valence-electron chi connectivity index (χ2n) is 4.13. The number of aliphatic hydroxyl groups excluding tert-OH is 1. The number of nitrogens with one attached hydrogen (secondary N) is 1. The summed E-state index contributed by atoms with van der Waals surface area (Å²) < 4.78 is 28.2. The van der Waals surface area contributed by atoms with E-state index in [0.29, 0.717) is 5.69 Å². The molecule has 2 aromatic heterocycles. The zero-order valence-electron chi connectivity index (χ0n) is 10.6. The highest BCUT2D eigenvalue weighted by Crippen LogP contribution is 2.15. The highest BCUT2D eigenvalue weighted by molar-refractivity contribution is 7.89. The Morgan fingerprint density at radius 2 is 2.26 bits per heavy atom. The Labute approximate surface area is 115 Å². The summed E-state index contributed by atoms with van der Waals surface area (Å²) in [6.07, 6.45) is 3.18. The smallest absolute Gasteiger partial charge is 0.242 e. The second-order valence-corrected chi connectivity index (χ2v) is 7.21. The van der Waals surface area contributed by atoms with E-state index in [-0.39, 0.29) is 18.0 Å². The van der Waals surface area contributed by atoms with Gasteiger partial charge in [0, 0.05) is 30.0 Å². The first-order valence-corrected chi connectivity index (χ1v) is 7.89. The normalized spacial score (nSPS) is 11.9. The first-order valence-electron chi connectivity index (χ1n) is 5.59. The van der Waals surface area contributed by atoms with Crippen molar-refractivity contribution in [1.29, 1.82) is 0 Å². The maximum absolute atomic E-state index is 12.1. The monoisotopic (exact) mass is 301 g/mol. The Balaban J connectivity index is 2.13. The number of nitrogens with zero attached hydrogens (tertiary/aromatic N) is 2. The average molecular weight is 301 g/mol. The van der Waals surface area contributed by atoms with Crippen LogP contribution in [0.25, 0.3) is 0 Å². The summed E-state index contributed by atoms with van der Waals surface area (Å²) in [5.41, 5.74) is 0.547. The molecule has 0 bridgehead atoms. The maximum Gasteiger partial charge on any atom is 0.242 e. The maximum atomic E-state index is 12.1. The largest absolute Gasteiger partial charge is 0.390 e. The topological polar surface area (TPSA) is 84.2 Å². The molecule has 0 atom stereocenters. The second kappa shape index (κ2) is 5.41. The molecule has 0 aromatic carbocycles. The molecule has 2 heterocycles. The van der Waals surface area contributed by atoms with Crippen LogP contribution >= 0.6 is 11.3 Å². The van der Waals surface area contributed by atoms with E-state index in [1.54, 1.807) is 17.8 Å². The lowest BCUT2D eigenvalue weighted by Gasteiger charge is -2.02. The van der Waals surface area contributed by atoms with Gasteiger partial charge in [0.25, 0.3) is 0 Å². The van der Waals surface area contributed by atoms with Gasteiger partial charge >= 0.3 is 0 Å². The number of aromatic nitrogens is 2. The Morgan fingerprint density at radius 1 is 1.53 bits per heavy atom. The molecule has 0 fully saturated rings. The molecule has 6 nitrogen and oxygen atoms in total. The minimum Gasteiger partial charge on any atom is -0.390 e. The van der Waals surface area contributed by atoms with E-state index in [4.69, 9.17) is 5.11 Å². The number of aryl methyl sites for hydroxylation is 2. The zero-order chi connectivity index (χ0) is 14.0. The van der Waals surface area contributed by atoms with E-state index >= 15 is 0 Å². The van der Waals surface area contributed by atoms with E-state index in [1.165, 1.54) is 23.6 Å². The van der Waals surface area contributed by atoms with E-state index in [9.17, 15) is 8.42 Å². The Bertz CT molecular complexity index is 673. The number of aliphatic hydroxyl groups is 1. The summed E-state index contributed by atoms with van der Waals surface area (Å²) in [7, 11) is -1.89. The number of hydrogen-bond donors (Lipinski definition) is 2. The van der Waals surface area contributed by atoms with E-state index in [1.807, 2.05) is 6.92 Å². The lowest BCUT2D eigenvalue weighted by molar-refractivity contribution is 0.272.